The quantitative estimate of drug-likeness (QED) is 0.624. The summed E-state index contributed by atoms with van der Waals surface area (Å²) >= 11 is 0. The predicted octanol–water partition coefficient (Wildman–Crippen LogP) is -0.423. The summed E-state index contributed by atoms with van der Waals surface area (Å²) in [7, 11) is 0. The maximum atomic E-state index is 11.4. The van der Waals surface area contributed by atoms with E-state index in [1.807, 2.05) is 6.92 Å². The summed E-state index contributed by atoms with van der Waals surface area (Å²) in [5.41, 5.74) is -1.16. The number of rotatable bonds is 3. The fraction of sp³-hybridized carbons (Fsp3) is 0.800. The third kappa shape index (κ3) is 1.13. The molecule has 5 heteroatoms. The van der Waals surface area contributed by atoms with E-state index in [0.717, 1.165) is 6.42 Å². The molecule has 0 saturated carbocycles. The molecule has 2 saturated heterocycles. The molecule has 4 atom stereocenters. The van der Waals surface area contributed by atoms with Crippen molar-refractivity contribution in [3.05, 3.63) is 0 Å². The van der Waals surface area contributed by atoms with Gasteiger partial charge in [-0.15, -0.1) is 0 Å². The Kier molecular flexibility index (Phi) is 2.22. The summed E-state index contributed by atoms with van der Waals surface area (Å²) in [6.07, 6.45) is -0.104. The first-order valence-electron chi connectivity index (χ1n) is 5.25. The monoisotopic (exact) mass is 213 g/mol. The third-order valence-electron chi connectivity index (χ3n) is 3.31. The van der Waals surface area contributed by atoms with Crippen LogP contribution in [0.25, 0.3) is 0 Å². The molecule has 0 spiro atoms. The lowest BCUT2D eigenvalue weighted by Gasteiger charge is -2.45. The molecule has 2 rings (SSSR count). The molecular formula is C10H15NO4. The standard InChI is InChI=1S/C10H15NO4/c1-3-4-6(12)10-7(15-9(10)14)5(2)8(13)11-10/h5-7,12H,3-4H2,1-2H3,(H,11,13)/t5-,6+,7+,10-/m1/s1. The molecule has 0 bridgehead atoms. The van der Waals surface area contributed by atoms with Crippen molar-refractivity contribution in [3.8, 4) is 0 Å². The zero-order valence-electron chi connectivity index (χ0n) is 8.82. The molecule has 0 aromatic carbocycles. The van der Waals surface area contributed by atoms with Crippen molar-refractivity contribution in [3.63, 3.8) is 0 Å². The lowest BCUT2D eigenvalue weighted by Crippen LogP contribution is -2.72. The van der Waals surface area contributed by atoms with E-state index in [2.05, 4.69) is 5.32 Å². The van der Waals surface area contributed by atoms with E-state index < -0.39 is 23.7 Å². The predicted molar refractivity (Wildman–Crippen MR) is 50.8 cm³/mol. The molecule has 2 fully saturated rings. The molecule has 0 unspecified atom stereocenters. The number of esters is 1. The molecule has 2 heterocycles. The topological polar surface area (TPSA) is 75.6 Å². The fourth-order valence-corrected chi connectivity index (χ4v) is 2.35. The van der Waals surface area contributed by atoms with Gasteiger partial charge in [0.1, 0.15) is 6.10 Å². The fourth-order valence-electron chi connectivity index (χ4n) is 2.35. The average molecular weight is 213 g/mol. The molecule has 0 aromatic rings. The first-order valence-corrected chi connectivity index (χ1v) is 5.25. The molecule has 2 aliphatic heterocycles. The van der Waals surface area contributed by atoms with Gasteiger partial charge in [-0.1, -0.05) is 13.3 Å². The number of aliphatic hydroxyl groups is 1. The van der Waals surface area contributed by atoms with Crippen molar-refractivity contribution in [1.29, 1.82) is 0 Å². The summed E-state index contributed by atoms with van der Waals surface area (Å²) in [5, 5.41) is 12.5. The molecule has 0 aromatic heterocycles. The van der Waals surface area contributed by atoms with Gasteiger partial charge < -0.3 is 15.2 Å². The van der Waals surface area contributed by atoms with Crippen molar-refractivity contribution in [2.75, 3.05) is 0 Å². The van der Waals surface area contributed by atoms with Crippen molar-refractivity contribution in [1.82, 2.24) is 5.32 Å². The number of nitrogens with one attached hydrogen (secondary N) is 1. The molecule has 1 amide bonds. The largest absolute Gasteiger partial charge is 0.456 e. The van der Waals surface area contributed by atoms with E-state index in [1.54, 1.807) is 6.92 Å². The number of hydrogen-bond donors (Lipinski definition) is 2. The SMILES string of the molecule is CCC[C@H](O)[C@@]12NC(=O)[C@H](C)[C@@H]1OC2=O. The number of hydrogen-bond acceptors (Lipinski definition) is 4. The summed E-state index contributed by atoms with van der Waals surface area (Å²) in [6, 6.07) is 0. The van der Waals surface area contributed by atoms with Gasteiger partial charge >= 0.3 is 5.97 Å². The second-order valence-electron chi connectivity index (χ2n) is 4.28. The van der Waals surface area contributed by atoms with Crippen LogP contribution in [0, 0.1) is 5.92 Å². The second-order valence-corrected chi connectivity index (χ2v) is 4.28. The third-order valence-corrected chi connectivity index (χ3v) is 3.31. The Bertz CT molecular complexity index is 317. The molecule has 2 aliphatic rings. The van der Waals surface area contributed by atoms with Crippen LogP contribution in [-0.4, -0.2) is 34.7 Å². The Balaban J connectivity index is 2.25. The van der Waals surface area contributed by atoms with Crippen LogP contribution in [0.1, 0.15) is 26.7 Å². The van der Waals surface area contributed by atoms with Crippen LogP contribution in [-0.2, 0) is 14.3 Å². The van der Waals surface area contributed by atoms with Crippen molar-refractivity contribution < 1.29 is 19.4 Å². The highest BCUT2D eigenvalue weighted by molar-refractivity contribution is 5.99. The summed E-state index contributed by atoms with van der Waals surface area (Å²) in [4.78, 5) is 22.9. The number of carbonyl (C=O) groups excluding carboxylic acids is 2. The zero-order valence-corrected chi connectivity index (χ0v) is 8.82. The zero-order chi connectivity index (χ0) is 11.2. The molecule has 84 valence electrons. The minimum atomic E-state index is -1.16. The van der Waals surface area contributed by atoms with Gasteiger partial charge in [-0.3, -0.25) is 4.79 Å². The van der Waals surface area contributed by atoms with Gasteiger partial charge in [0.2, 0.25) is 11.4 Å². The van der Waals surface area contributed by atoms with Crippen LogP contribution >= 0.6 is 0 Å². The maximum absolute atomic E-state index is 11.4. The van der Waals surface area contributed by atoms with Gasteiger partial charge in [-0.2, -0.15) is 0 Å². The van der Waals surface area contributed by atoms with Crippen LogP contribution in [0.5, 0.6) is 0 Å². The molecule has 0 aliphatic carbocycles. The van der Waals surface area contributed by atoms with Gasteiger partial charge in [0, 0.05) is 0 Å². The summed E-state index contributed by atoms with van der Waals surface area (Å²) < 4.78 is 4.93. The van der Waals surface area contributed by atoms with Crippen LogP contribution in [0.4, 0.5) is 0 Å². The van der Waals surface area contributed by atoms with Crippen molar-refractivity contribution in [2.45, 2.75) is 44.4 Å². The van der Waals surface area contributed by atoms with Crippen molar-refractivity contribution in [2.24, 2.45) is 5.92 Å². The molecular weight excluding hydrogens is 198 g/mol. The van der Waals surface area contributed by atoms with Gasteiger partial charge in [0.05, 0.1) is 12.0 Å². The number of carbonyl (C=O) groups is 2. The Morgan fingerprint density at radius 1 is 1.60 bits per heavy atom. The molecule has 15 heavy (non-hydrogen) atoms. The van der Waals surface area contributed by atoms with Crippen molar-refractivity contribution >= 4 is 11.9 Å². The number of fused-ring (bicyclic) bond motifs is 1. The van der Waals surface area contributed by atoms with E-state index in [4.69, 9.17) is 4.74 Å². The Hall–Kier alpha value is -1.10. The molecule has 0 radical (unpaired) electrons. The summed E-state index contributed by atoms with van der Waals surface area (Å²) in [5.74, 6) is -1.10. The van der Waals surface area contributed by atoms with E-state index in [1.165, 1.54) is 0 Å². The number of amides is 1. The lowest BCUT2D eigenvalue weighted by atomic mass is 9.78. The smallest absolute Gasteiger partial charge is 0.338 e. The van der Waals surface area contributed by atoms with Crippen LogP contribution < -0.4 is 5.32 Å². The minimum Gasteiger partial charge on any atom is -0.456 e. The highest BCUT2D eigenvalue weighted by Crippen LogP contribution is 2.41. The Labute approximate surface area is 87.8 Å². The highest BCUT2D eigenvalue weighted by atomic mass is 16.6. The lowest BCUT2D eigenvalue weighted by molar-refractivity contribution is -0.204. The van der Waals surface area contributed by atoms with E-state index in [0.29, 0.717) is 6.42 Å². The van der Waals surface area contributed by atoms with Crippen LogP contribution in [0.2, 0.25) is 0 Å². The highest BCUT2D eigenvalue weighted by Gasteiger charge is 2.70. The molecule has 5 nitrogen and oxygen atoms in total. The van der Waals surface area contributed by atoms with Gasteiger partial charge in [-0.25, -0.2) is 4.79 Å². The number of aliphatic hydroxyl groups excluding tert-OH is 1. The molecule has 2 N–H and O–H groups in total. The van der Waals surface area contributed by atoms with Gasteiger partial charge in [0.15, 0.2) is 0 Å². The summed E-state index contributed by atoms with van der Waals surface area (Å²) in [6.45, 7) is 3.62. The van der Waals surface area contributed by atoms with E-state index in [-0.39, 0.29) is 11.8 Å². The average Bonchev–Trinajstić information content (AvgIpc) is 2.39. The normalized spacial score (nSPS) is 40.2. The minimum absolute atomic E-state index is 0.221. The van der Waals surface area contributed by atoms with Crippen LogP contribution in [0.3, 0.4) is 0 Å². The van der Waals surface area contributed by atoms with Crippen LogP contribution in [0.15, 0.2) is 0 Å². The Morgan fingerprint density at radius 3 is 2.73 bits per heavy atom. The first-order chi connectivity index (χ1) is 7.04. The number of ether oxygens (including phenoxy) is 1. The van der Waals surface area contributed by atoms with Gasteiger partial charge in [0.25, 0.3) is 0 Å². The van der Waals surface area contributed by atoms with Gasteiger partial charge in [-0.05, 0) is 13.3 Å². The second kappa shape index (κ2) is 3.20. The van der Waals surface area contributed by atoms with E-state index >= 15 is 0 Å². The Morgan fingerprint density at radius 2 is 2.27 bits per heavy atom. The van der Waals surface area contributed by atoms with E-state index in [9.17, 15) is 14.7 Å². The maximum Gasteiger partial charge on any atom is 0.338 e. The first kappa shape index (κ1) is 10.4.